The van der Waals surface area contributed by atoms with E-state index in [9.17, 15) is 4.79 Å². The molecule has 5 unspecified atom stereocenters. The standard InChI is InChI=1S/C12H19N5O2/c1-7(17-6-14-5-15-17)12(18)16-10-9(13)8-3-2-4-19-11(8)10/h5-11H,2-4,13H2,1H3,(H,16,18). The van der Waals surface area contributed by atoms with Crippen molar-refractivity contribution in [2.75, 3.05) is 6.61 Å². The molecule has 7 nitrogen and oxygen atoms in total. The van der Waals surface area contributed by atoms with Gasteiger partial charge in [0, 0.05) is 18.6 Å². The quantitative estimate of drug-likeness (QED) is 0.765. The summed E-state index contributed by atoms with van der Waals surface area (Å²) in [5, 5.41) is 6.95. The number of hydrogen-bond acceptors (Lipinski definition) is 5. The molecule has 1 aromatic rings. The maximum absolute atomic E-state index is 12.2. The minimum absolute atomic E-state index is 0.00260. The van der Waals surface area contributed by atoms with E-state index in [-0.39, 0.29) is 24.1 Å². The highest BCUT2D eigenvalue weighted by molar-refractivity contribution is 5.80. The number of ether oxygens (including phenoxy) is 1. The predicted octanol–water partition coefficient (Wildman–Crippen LogP) is -0.540. The molecule has 7 heteroatoms. The van der Waals surface area contributed by atoms with Gasteiger partial charge in [0.05, 0.1) is 12.1 Å². The van der Waals surface area contributed by atoms with Gasteiger partial charge in [-0.15, -0.1) is 0 Å². The maximum atomic E-state index is 12.2. The zero-order valence-electron chi connectivity index (χ0n) is 10.9. The number of carbonyl (C=O) groups is 1. The van der Waals surface area contributed by atoms with Gasteiger partial charge >= 0.3 is 0 Å². The largest absolute Gasteiger partial charge is 0.376 e. The van der Waals surface area contributed by atoms with E-state index in [1.54, 1.807) is 6.92 Å². The lowest BCUT2D eigenvalue weighted by Crippen LogP contribution is -2.72. The van der Waals surface area contributed by atoms with Gasteiger partial charge in [0.25, 0.3) is 0 Å². The molecule has 1 saturated heterocycles. The summed E-state index contributed by atoms with van der Waals surface area (Å²) < 4.78 is 7.23. The first-order valence-corrected chi connectivity index (χ1v) is 6.70. The zero-order valence-corrected chi connectivity index (χ0v) is 10.9. The molecule has 19 heavy (non-hydrogen) atoms. The van der Waals surface area contributed by atoms with Crippen molar-refractivity contribution in [3.8, 4) is 0 Å². The molecule has 1 amide bonds. The molecule has 3 rings (SSSR count). The summed E-state index contributed by atoms with van der Waals surface area (Å²) in [6, 6.07) is -0.474. The van der Waals surface area contributed by atoms with Gasteiger partial charge in [-0.3, -0.25) is 4.79 Å². The number of nitrogens with two attached hydrogens (primary N) is 1. The number of hydrogen-bond donors (Lipinski definition) is 2. The lowest BCUT2D eigenvalue weighted by molar-refractivity contribution is -0.141. The molecule has 2 heterocycles. The molecule has 0 aromatic carbocycles. The van der Waals surface area contributed by atoms with Crippen molar-refractivity contribution >= 4 is 5.91 Å². The minimum Gasteiger partial charge on any atom is -0.376 e. The molecule has 1 aromatic heterocycles. The van der Waals surface area contributed by atoms with Crippen LogP contribution in [-0.4, -0.2) is 45.5 Å². The Balaban J connectivity index is 1.61. The summed E-state index contributed by atoms with van der Waals surface area (Å²) in [6.07, 6.45) is 5.18. The van der Waals surface area contributed by atoms with Crippen molar-refractivity contribution in [2.45, 2.75) is 44.0 Å². The van der Waals surface area contributed by atoms with Crippen LogP contribution in [0.1, 0.15) is 25.8 Å². The van der Waals surface area contributed by atoms with E-state index in [2.05, 4.69) is 15.4 Å². The zero-order chi connectivity index (χ0) is 13.4. The Morgan fingerprint density at radius 3 is 3.21 bits per heavy atom. The lowest BCUT2D eigenvalue weighted by Gasteiger charge is -2.52. The summed E-state index contributed by atoms with van der Waals surface area (Å²) >= 11 is 0. The lowest BCUT2D eigenvalue weighted by atomic mass is 9.68. The summed E-state index contributed by atoms with van der Waals surface area (Å²) in [5.74, 6) is 0.291. The molecular formula is C12H19N5O2. The van der Waals surface area contributed by atoms with E-state index in [0.29, 0.717) is 5.92 Å². The van der Waals surface area contributed by atoms with Gasteiger partial charge < -0.3 is 15.8 Å². The van der Waals surface area contributed by atoms with Crippen LogP contribution in [0, 0.1) is 5.92 Å². The van der Waals surface area contributed by atoms with Crippen molar-refractivity contribution in [1.29, 1.82) is 0 Å². The highest BCUT2D eigenvalue weighted by Gasteiger charge is 2.51. The fourth-order valence-corrected chi connectivity index (χ4v) is 2.95. The second kappa shape index (κ2) is 4.90. The van der Waals surface area contributed by atoms with Gasteiger partial charge in [-0.1, -0.05) is 0 Å². The summed E-state index contributed by atoms with van der Waals surface area (Å²) in [4.78, 5) is 16.0. The normalized spacial score (nSPS) is 35.1. The molecule has 1 saturated carbocycles. The average Bonchev–Trinajstić information content (AvgIpc) is 2.97. The minimum atomic E-state index is -0.391. The monoisotopic (exact) mass is 265 g/mol. The van der Waals surface area contributed by atoms with Crippen LogP contribution in [0.15, 0.2) is 12.7 Å². The topological polar surface area (TPSA) is 95.1 Å². The Kier molecular flexibility index (Phi) is 3.24. The van der Waals surface area contributed by atoms with E-state index in [1.165, 1.54) is 17.3 Å². The molecule has 2 aliphatic rings. The van der Waals surface area contributed by atoms with Gasteiger partial charge in [-0.05, 0) is 19.8 Å². The van der Waals surface area contributed by atoms with Gasteiger partial charge in [-0.25, -0.2) is 9.67 Å². The van der Waals surface area contributed by atoms with Crippen molar-refractivity contribution in [3.63, 3.8) is 0 Å². The van der Waals surface area contributed by atoms with Gasteiger partial charge in [0.15, 0.2) is 0 Å². The highest BCUT2D eigenvalue weighted by atomic mass is 16.5. The molecular weight excluding hydrogens is 246 g/mol. The van der Waals surface area contributed by atoms with Crippen LogP contribution in [0.4, 0.5) is 0 Å². The highest BCUT2D eigenvalue weighted by Crippen LogP contribution is 2.37. The van der Waals surface area contributed by atoms with E-state index < -0.39 is 6.04 Å². The first-order valence-electron chi connectivity index (χ1n) is 6.70. The Morgan fingerprint density at radius 2 is 2.47 bits per heavy atom. The summed E-state index contributed by atoms with van der Waals surface area (Å²) in [6.45, 7) is 2.55. The SMILES string of the molecule is CC(C(=O)NC1C(N)C2CCCOC21)n1cncn1. The third kappa shape index (κ3) is 2.12. The third-order valence-corrected chi connectivity index (χ3v) is 4.20. The van der Waals surface area contributed by atoms with Crippen LogP contribution in [0.3, 0.4) is 0 Å². The molecule has 104 valence electrons. The summed E-state index contributed by atoms with van der Waals surface area (Å²) in [5.41, 5.74) is 6.11. The van der Waals surface area contributed by atoms with Crippen molar-refractivity contribution in [2.24, 2.45) is 11.7 Å². The predicted molar refractivity (Wildman–Crippen MR) is 67.1 cm³/mol. The van der Waals surface area contributed by atoms with Crippen LogP contribution in [-0.2, 0) is 9.53 Å². The van der Waals surface area contributed by atoms with E-state index in [1.807, 2.05) is 0 Å². The number of rotatable bonds is 3. The Hall–Kier alpha value is -1.47. The van der Waals surface area contributed by atoms with Gasteiger partial charge in [-0.2, -0.15) is 5.10 Å². The van der Waals surface area contributed by atoms with Crippen LogP contribution < -0.4 is 11.1 Å². The van der Waals surface area contributed by atoms with Crippen molar-refractivity contribution in [1.82, 2.24) is 20.1 Å². The van der Waals surface area contributed by atoms with Crippen LogP contribution >= 0.6 is 0 Å². The Labute approximate surface area is 111 Å². The van der Waals surface area contributed by atoms with E-state index in [4.69, 9.17) is 10.5 Å². The molecule has 5 atom stereocenters. The Morgan fingerprint density at radius 1 is 1.63 bits per heavy atom. The number of aromatic nitrogens is 3. The molecule has 0 bridgehead atoms. The number of amides is 1. The Bertz CT molecular complexity index is 449. The van der Waals surface area contributed by atoms with Crippen LogP contribution in [0.25, 0.3) is 0 Å². The first kappa shape index (κ1) is 12.6. The second-order valence-corrected chi connectivity index (χ2v) is 5.30. The van der Waals surface area contributed by atoms with E-state index >= 15 is 0 Å². The fourth-order valence-electron chi connectivity index (χ4n) is 2.95. The second-order valence-electron chi connectivity index (χ2n) is 5.30. The molecule has 0 radical (unpaired) electrons. The maximum Gasteiger partial charge on any atom is 0.245 e. The number of carbonyl (C=O) groups excluding carboxylic acids is 1. The molecule has 1 aliphatic heterocycles. The number of nitrogens with one attached hydrogen (secondary N) is 1. The average molecular weight is 265 g/mol. The number of fused-ring (bicyclic) bond motifs is 1. The van der Waals surface area contributed by atoms with Crippen molar-refractivity contribution in [3.05, 3.63) is 12.7 Å². The molecule has 0 spiro atoms. The smallest absolute Gasteiger partial charge is 0.245 e. The van der Waals surface area contributed by atoms with Gasteiger partial charge in [0.2, 0.25) is 5.91 Å². The number of nitrogens with zero attached hydrogens (tertiary/aromatic N) is 3. The molecule has 2 fully saturated rings. The van der Waals surface area contributed by atoms with Crippen molar-refractivity contribution < 1.29 is 9.53 Å². The first-order chi connectivity index (χ1) is 9.18. The van der Waals surface area contributed by atoms with E-state index in [0.717, 1.165) is 19.4 Å². The third-order valence-electron chi connectivity index (χ3n) is 4.20. The van der Waals surface area contributed by atoms with Gasteiger partial charge in [0.1, 0.15) is 18.7 Å². The van der Waals surface area contributed by atoms with Crippen LogP contribution in [0.5, 0.6) is 0 Å². The molecule has 1 aliphatic carbocycles. The van der Waals surface area contributed by atoms with Crippen LogP contribution in [0.2, 0.25) is 0 Å². The molecule has 3 N–H and O–H groups in total. The fraction of sp³-hybridized carbons (Fsp3) is 0.750. The summed E-state index contributed by atoms with van der Waals surface area (Å²) in [7, 11) is 0.